The van der Waals surface area contributed by atoms with Crippen LogP contribution in [0.3, 0.4) is 0 Å². The van der Waals surface area contributed by atoms with E-state index in [0.717, 1.165) is 62.0 Å². The highest BCUT2D eigenvalue weighted by Gasteiger charge is 2.08. The van der Waals surface area contributed by atoms with Gasteiger partial charge in [0.25, 0.3) is 0 Å². The maximum atomic E-state index is 11.4. The van der Waals surface area contributed by atoms with Crippen molar-refractivity contribution < 1.29 is 4.79 Å². The second-order valence-corrected chi connectivity index (χ2v) is 8.90. The van der Waals surface area contributed by atoms with Crippen LogP contribution in [0.5, 0.6) is 0 Å². The van der Waals surface area contributed by atoms with Crippen molar-refractivity contribution in [1.82, 2.24) is 9.97 Å². The number of carbonyl (C=O) groups is 1. The zero-order valence-corrected chi connectivity index (χ0v) is 19.3. The second-order valence-electron chi connectivity index (χ2n) is 7.75. The van der Waals surface area contributed by atoms with Gasteiger partial charge >= 0.3 is 0 Å². The van der Waals surface area contributed by atoms with E-state index in [4.69, 9.17) is 4.98 Å². The van der Waals surface area contributed by atoms with Crippen LogP contribution < -0.4 is 10.6 Å². The standard InChI is InChI=1S/C26H26N4OS/c1-4-6-19-9-10-24-25(11-12-27-26(24)30-19)29-21-13-17(2)14-23(16-21)32-22-8-5-7-20(15-22)28-18(3)31/h5,7-16H,4,6H2,1-3H3,(H,28,31)(H,27,29,30). The van der Waals surface area contributed by atoms with Crippen LogP contribution in [-0.4, -0.2) is 15.9 Å². The van der Waals surface area contributed by atoms with Gasteiger partial charge < -0.3 is 10.6 Å². The third-order valence-corrected chi connectivity index (χ3v) is 5.85. The van der Waals surface area contributed by atoms with Gasteiger partial charge in [0.15, 0.2) is 5.65 Å². The minimum atomic E-state index is -0.0740. The first-order valence-electron chi connectivity index (χ1n) is 10.7. The van der Waals surface area contributed by atoms with Crippen LogP contribution in [0.25, 0.3) is 11.0 Å². The van der Waals surface area contributed by atoms with E-state index in [2.05, 4.69) is 59.8 Å². The Balaban J connectivity index is 1.59. The van der Waals surface area contributed by atoms with E-state index >= 15 is 0 Å². The van der Waals surface area contributed by atoms with Crippen LogP contribution in [0.15, 0.2) is 76.7 Å². The van der Waals surface area contributed by atoms with Gasteiger partial charge in [-0.15, -0.1) is 0 Å². The van der Waals surface area contributed by atoms with Crippen LogP contribution in [-0.2, 0) is 11.2 Å². The summed E-state index contributed by atoms with van der Waals surface area (Å²) in [7, 11) is 0. The molecule has 32 heavy (non-hydrogen) atoms. The van der Waals surface area contributed by atoms with E-state index in [9.17, 15) is 4.79 Å². The maximum absolute atomic E-state index is 11.4. The third kappa shape index (κ3) is 5.45. The van der Waals surface area contributed by atoms with Crippen molar-refractivity contribution in [3.05, 3.63) is 78.1 Å². The molecule has 0 fully saturated rings. The Bertz CT molecular complexity index is 1270. The van der Waals surface area contributed by atoms with Crippen molar-refractivity contribution in [1.29, 1.82) is 0 Å². The molecule has 0 bridgehead atoms. The second kappa shape index (κ2) is 9.83. The molecule has 0 atom stereocenters. The molecule has 2 aromatic heterocycles. The molecule has 0 unspecified atom stereocenters. The number of amides is 1. The molecule has 0 aliphatic rings. The molecule has 1 amide bonds. The molecule has 6 heteroatoms. The highest BCUT2D eigenvalue weighted by molar-refractivity contribution is 7.99. The lowest BCUT2D eigenvalue weighted by atomic mass is 10.1. The molecular weight excluding hydrogens is 416 g/mol. The monoisotopic (exact) mass is 442 g/mol. The summed E-state index contributed by atoms with van der Waals surface area (Å²) < 4.78 is 0. The molecular formula is C26H26N4OS. The van der Waals surface area contributed by atoms with Gasteiger partial charge in [0, 0.05) is 45.4 Å². The zero-order chi connectivity index (χ0) is 22.5. The number of fused-ring (bicyclic) bond motifs is 1. The Morgan fingerprint density at radius 1 is 1.00 bits per heavy atom. The molecule has 0 aliphatic heterocycles. The van der Waals surface area contributed by atoms with E-state index in [-0.39, 0.29) is 5.91 Å². The van der Waals surface area contributed by atoms with Crippen molar-refractivity contribution in [3.63, 3.8) is 0 Å². The van der Waals surface area contributed by atoms with Crippen molar-refractivity contribution >= 4 is 45.8 Å². The number of aryl methyl sites for hydroxylation is 2. The van der Waals surface area contributed by atoms with Crippen LogP contribution in [0.4, 0.5) is 17.1 Å². The molecule has 0 aliphatic carbocycles. The summed E-state index contributed by atoms with van der Waals surface area (Å²) in [4.78, 5) is 22.7. The lowest BCUT2D eigenvalue weighted by Gasteiger charge is -2.13. The highest BCUT2D eigenvalue weighted by Crippen LogP contribution is 2.33. The van der Waals surface area contributed by atoms with Gasteiger partial charge in [-0.3, -0.25) is 4.79 Å². The van der Waals surface area contributed by atoms with Crippen molar-refractivity contribution in [2.24, 2.45) is 0 Å². The number of rotatable bonds is 7. The summed E-state index contributed by atoms with van der Waals surface area (Å²) in [6, 6.07) is 20.4. The van der Waals surface area contributed by atoms with E-state index in [1.54, 1.807) is 18.0 Å². The lowest BCUT2D eigenvalue weighted by molar-refractivity contribution is -0.114. The van der Waals surface area contributed by atoms with Crippen LogP contribution in [0, 0.1) is 6.92 Å². The molecule has 0 radical (unpaired) electrons. The molecule has 4 rings (SSSR count). The molecule has 2 heterocycles. The molecule has 0 spiro atoms. The fraction of sp³-hybridized carbons (Fsp3) is 0.192. The fourth-order valence-corrected chi connectivity index (χ4v) is 4.62. The van der Waals surface area contributed by atoms with Gasteiger partial charge in [-0.25, -0.2) is 9.97 Å². The van der Waals surface area contributed by atoms with Gasteiger partial charge in [-0.05, 0) is 73.5 Å². The highest BCUT2D eigenvalue weighted by atomic mass is 32.2. The molecule has 2 N–H and O–H groups in total. The molecule has 4 aromatic rings. The number of nitrogens with zero attached hydrogens (tertiary/aromatic N) is 2. The summed E-state index contributed by atoms with van der Waals surface area (Å²) >= 11 is 1.66. The largest absolute Gasteiger partial charge is 0.355 e. The minimum Gasteiger partial charge on any atom is -0.355 e. The number of benzene rings is 2. The van der Waals surface area contributed by atoms with Gasteiger partial charge in [0.2, 0.25) is 5.91 Å². The Kier molecular flexibility index (Phi) is 6.71. The van der Waals surface area contributed by atoms with Crippen LogP contribution in [0.1, 0.15) is 31.5 Å². The topological polar surface area (TPSA) is 66.9 Å². The molecule has 2 aromatic carbocycles. The summed E-state index contributed by atoms with van der Waals surface area (Å²) in [6.45, 7) is 5.76. The number of hydrogen-bond donors (Lipinski definition) is 2. The molecule has 5 nitrogen and oxygen atoms in total. The molecule has 162 valence electrons. The Morgan fingerprint density at radius 2 is 1.84 bits per heavy atom. The van der Waals surface area contributed by atoms with Crippen LogP contribution in [0.2, 0.25) is 0 Å². The normalized spacial score (nSPS) is 10.8. The quantitative estimate of drug-likeness (QED) is 0.332. The summed E-state index contributed by atoms with van der Waals surface area (Å²) in [5, 5.41) is 7.40. The predicted molar refractivity (Wildman–Crippen MR) is 133 cm³/mol. The first-order valence-corrected chi connectivity index (χ1v) is 11.5. The average molecular weight is 443 g/mol. The number of aromatic nitrogens is 2. The van der Waals surface area contributed by atoms with Crippen molar-refractivity contribution in [2.75, 3.05) is 10.6 Å². The Labute approximate surface area is 192 Å². The van der Waals surface area contributed by atoms with E-state index in [1.165, 1.54) is 6.92 Å². The SMILES string of the molecule is CCCc1ccc2c(Nc3cc(C)cc(Sc4cccc(NC(C)=O)c4)c3)ccnc2n1. The fourth-order valence-electron chi connectivity index (χ4n) is 3.58. The van der Waals surface area contributed by atoms with Gasteiger partial charge in [-0.2, -0.15) is 0 Å². The average Bonchev–Trinajstić information content (AvgIpc) is 2.73. The van der Waals surface area contributed by atoms with Crippen LogP contribution >= 0.6 is 11.8 Å². The summed E-state index contributed by atoms with van der Waals surface area (Å²) in [6.07, 6.45) is 3.82. The third-order valence-electron chi connectivity index (χ3n) is 4.89. The van der Waals surface area contributed by atoms with E-state index < -0.39 is 0 Å². The van der Waals surface area contributed by atoms with Crippen molar-refractivity contribution in [2.45, 2.75) is 43.4 Å². The lowest BCUT2D eigenvalue weighted by Crippen LogP contribution is -2.05. The minimum absolute atomic E-state index is 0.0740. The van der Waals surface area contributed by atoms with Gasteiger partial charge in [0.1, 0.15) is 0 Å². The van der Waals surface area contributed by atoms with Gasteiger partial charge in [0.05, 0.1) is 5.69 Å². The van der Waals surface area contributed by atoms with E-state index in [0.29, 0.717) is 0 Å². The first kappa shape index (κ1) is 21.8. The number of pyridine rings is 2. The summed E-state index contributed by atoms with van der Waals surface area (Å²) in [5.74, 6) is -0.0740. The Hall–Kier alpha value is -3.38. The number of carbonyl (C=O) groups excluding carboxylic acids is 1. The van der Waals surface area contributed by atoms with Crippen molar-refractivity contribution in [3.8, 4) is 0 Å². The Morgan fingerprint density at radius 3 is 2.66 bits per heavy atom. The molecule has 0 saturated carbocycles. The maximum Gasteiger partial charge on any atom is 0.221 e. The number of nitrogens with one attached hydrogen (secondary N) is 2. The zero-order valence-electron chi connectivity index (χ0n) is 18.5. The predicted octanol–water partition coefficient (Wildman–Crippen LogP) is 6.74. The smallest absolute Gasteiger partial charge is 0.221 e. The van der Waals surface area contributed by atoms with E-state index in [1.807, 2.05) is 30.3 Å². The van der Waals surface area contributed by atoms with Gasteiger partial charge in [-0.1, -0.05) is 31.2 Å². The number of anilines is 3. The molecule has 0 saturated heterocycles. The first-order chi connectivity index (χ1) is 15.5. The number of hydrogen-bond acceptors (Lipinski definition) is 5. The summed E-state index contributed by atoms with van der Waals surface area (Å²) in [5.41, 5.74) is 5.79.